The zero-order valence-corrected chi connectivity index (χ0v) is 18.8. The number of hydrogen-bond donors (Lipinski definition) is 1. The Kier molecular flexibility index (Phi) is 9.65. The molecule has 1 N–H and O–H groups in total. The molecule has 158 valence electrons. The fourth-order valence-corrected chi connectivity index (χ4v) is 3.52. The van der Waals surface area contributed by atoms with Crippen molar-refractivity contribution in [2.75, 3.05) is 59.7 Å². The third kappa shape index (κ3) is 8.03. The van der Waals surface area contributed by atoms with Crippen molar-refractivity contribution in [2.45, 2.75) is 39.2 Å². The summed E-state index contributed by atoms with van der Waals surface area (Å²) in [5, 5.41) is 4.13. The average molecular weight is 408 g/mol. The Labute approximate surface area is 176 Å². The van der Waals surface area contributed by atoms with Gasteiger partial charge in [-0.05, 0) is 35.2 Å². The summed E-state index contributed by atoms with van der Waals surface area (Å²) < 4.78 is 10.6. The van der Waals surface area contributed by atoms with Crippen molar-refractivity contribution < 1.29 is 9.47 Å². The predicted molar refractivity (Wildman–Crippen MR) is 120 cm³/mol. The van der Waals surface area contributed by atoms with Gasteiger partial charge in [0.25, 0.3) is 0 Å². The molecule has 0 aromatic heterocycles. The fourth-order valence-electron chi connectivity index (χ4n) is 3.26. The molecule has 1 aromatic carbocycles. The molecule has 0 aliphatic carbocycles. The van der Waals surface area contributed by atoms with Crippen LogP contribution in [0.3, 0.4) is 0 Å². The first-order valence-corrected chi connectivity index (χ1v) is 10.7. The van der Waals surface area contributed by atoms with Crippen molar-refractivity contribution in [1.82, 2.24) is 15.1 Å². The summed E-state index contributed by atoms with van der Waals surface area (Å²) in [4.78, 5) is 4.75. The topological polar surface area (TPSA) is 37.0 Å². The molecule has 28 heavy (non-hydrogen) atoms. The molecule has 1 aromatic rings. The summed E-state index contributed by atoms with van der Waals surface area (Å²) in [6, 6.07) is 8.94. The van der Waals surface area contributed by atoms with E-state index < -0.39 is 0 Å². The van der Waals surface area contributed by atoms with Crippen LogP contribution < -0.4 is 5.32 Å². The van der Waals surface area contributed by atoms with Crippen LogP contribution in [0.1, 0.15) is 38.3 Å². The van der Waals surface area contributed by atoms with Crippen molar-refractivity contribution in [3.63, 3.8) is 0 Å². The summed E-state index contributed by atoms with van der Waals surface area (Å²) in [5.41, 5.74) is 2.82. The lowest BCUT2D eigenvalue weighted by Gasteiger charge is -2.30. The molecule has 1 aliphatic rings. The highest BCUT2D eigenvalue weighted by atomic mass is 32.1. The Hall–Kier alpha value is -1.21. The zero-order chi connectivity index (χ0) is 20.4. The van der Waals surface area contributed by atoms with Crippen LogP contribution in [0.2, 0.25) is 0 Å². The van der Waals surface area contributed by atoms with E-state index in [1.165, 1.54) is 11.1 Å². The van der Waals surface area contributed by atoms with E-state index >= 15 is 0 Å². The van der Waals surface area contributed by atoms with E-state index in [1.54, 1.807) is 7.11 Å². The minimum Gasteiger partial charge on any atom is -0.383 e. The lowest BCUT2D eigenvalue weighted by Crippen LogP contribution is -2.42. The van der Waals surface area contributed by atoms with Gasteiger partial charge in [0.2, 0.25) is 0 Å². The van der Waals surface area contributed by atoms with Crippen molar-refractivity contribution in [2.24, 2.45) is 0 Å². The van der Waals surface area contributed by atoms with Gasteiger partial charge >= 0.3 is 0 Å². The molecule has 1 heterocycles. The molecule has 5 nitrogen and oxygen atoms in total. The number of ether oxygens (including phenoxy) is 2. The second kappa shape index (κ2) is 11.7. The number of nitrogens with zero attached hydrogens (tertiary/aromatic N) is 2. The number of hydrogen-bond acceptors (Lipinski definition) is 4. The summed E-state index contributed by atoms with van der Waals surface area (Å²) >= 11 is 5.67. The average Bonchev–Trinajstić information content (AvgIpc) is 2.68. The van der Waals surface area contributed by atoms with Gasteiger partial charge in [-0.15, -0.1) is 0 Å². The number of nitrogens with one attached hydrogen (secondary N) is 1. The van der Waals surface area contributed by atoms with Gasteiger partial charge in [-0.3, -0.25) is 4.90 Å². The minimum atomic E-state index is 0.174. The maximum absolute atomic E-state index is 5.67. The predicted octanol–water partition coefficient (Wildman–Crippen LogP) is 3.03. The molecule has 1 aliphatic heterocycles. The molecule has 0 unspecified atom stereocenters. The summed E-state index contributed by atoms with van der Waals surface area (Å²) in [6.45, 7) is 14.7. The number of benzene rings is 1. The Bertz CT molecular complexity index is 580. The third-order valence-corrected chi connectivity index (χ3v) is 5.47. The summed E-state index contributed by atoms with van der Waals surface area (Å²) in [6.07, 6.45) is 1.09. The SMILES string of the molecule is COCCNC(=S)N(CCCN1CCOCC1)Cc1ccc(C(C)(C)C)cc1. The number of thiocarbonyl (C=S) groups is 1. The van der Waals surface area contributed by atoms with Gasteiger partial charge < -0.3 is 19.7 Å². The van der Waals surface area contributed by atoms with Crippen molar-refractivity contribution in [3.8, 4) is 0 Å². The Balaban J connectivity index is 1.93. The van der Waals surface area contributed by atoms with E-state index in [0.29, 0.717) is 6.61 Å². The van der Waals surface area contributed by atoms with Crippen LogP contribution in [-0.2, 0) is 21.4 Å². The van der Waals surface area contributed by atoms with Crippen molar-refractivity contribution in [1.29, 1.82) is 0 Å². The van der Waals surface area contributed by atoms with Crippen LogP contribution in [0.4, 0.5) is 0 Å². The summed E-state index contributed by atoms with van der Waals surface area (Å²) in [7, 11) is 1.71. The van der Waals surface area contributed by atoms with Gasteiger partial charge in [0.1, 0.15) is 0 Å². The minimum absolute atomic E-state index is 0.174. The Morgan fingerprint density at radius 1 is 1.21 bits per heavy atom. The monoisotopic (exact) mass is 407 g/mol. The number of rotatable bonds is 9. The summed E-state index contributed by atoms with van der Waals surface area (Å²) in [5.74, 6) is 0. The van der Waals surface area contributed by atoms with E-state index in [1.807, 2.05) is 0 Å². The molecule has 1 saturated heterocycles. The van der Waals surface area contributed by atoms with E-state index in [2.05, 4.69) is 60.2 Å². The first-order valence-electron chi connectivity index (χ1n) is 10.3. The lowest BCUT2D eigenvalue weighted by molar-refractivity contribution is 0.0367. The number of morpholine rings is 1. The van der Waals surface area contributed by atoms with E-state index in [9.17, 15) is 0 Å². The molecular weight excluding hydrogens is 370 g/mol. The van der Waals surface area contributed by atoms with Gasteiger partial charge in [0, 0.05) is 46.4 Å². The second-order valence-corrected chi connectivity index (χ2v) is 8.79. The molecule has 0 atom stereocenters. The maximum atomic E-state index is 5.67. The van der Waals surface area contributed by atoms with Gasteiger partial charge in [0.15, 0.2) is 5.11 Å². The second-order valence-electron chi connectivity index (χ2n) is 8.40. The smallest absolute Gasteiger partial charge is 0.169 e. The molecule has 2 rings (SSSR count). The largest absolute Gasteiger partial charge is 0.383 e. The first kappa shape index (κ1) is 23.1. The highest BCUT2D eigenvalue weighted by Crippen LogP contribution is 2.22. The van der Waals surface area contributed by atoms with E-state index in [-0.39, 0.29) is 5.41 Å². The maximum Gasteiger partial charge on any atom is 0.169 e. The van der Waals surface area contributed by atoms with Crippen molar-refractivity contribution in [3.05, 3.63) is 35.4 Å². The van der Waals surface area contributed by atoms with Crippen molar-refractivity contribution >= 4 is 17.3 Å². The Morgan fingerprint density at radius 2 is 1.89 bits per heavy atom. The molecule has 0 amide bonds. The molecule has 0 bridgehead atoms. The zero-order valence-electron chi connectivity index (χ0n) is 18.0. The molecule has 0 radical (unpaired) electrons. The molecular formula is C22H37N3O2S. The van der Waals surface area contributed by atoms with E-state index in [4.69, 9.17) is 21.7 Å². The Morgan fingerprint density at radius 3 is 2.50 bits per heavy atom. The van der Waals surface area contributed by atoms with Crippen LogP contribution in [0.25, 0.3) is 0 Å². The highest BCUT2D eigenvalue weighted by molar-refractivity contribution is 7.80. The standard InChI is InChI=1S/C22H37N3O2S/c1-22(2,3)20-8-6-19(7-9-20)18-25(21(28)23-10-15-26-4)12-5-11-24-13-16-27-17-14-24/h6-9H,5,10-18H2,1-4H3,(H,23,28). The molecule has 0 saturated carbocycles. The van der Waals surface area contributed by atoms with Crippen LogP contribution in [0.5, 0.6) is 0 Å². The van der Waals surface area contributed by atoms with Gasteiger partial charge in [0.05, 0.1) is 19.8 Å². The van der Waals surface area contributed by atoms with Crippen LogP contribution in [0, 0.1) is 0 Å². The number of methoxy groups -OCH3 is 1. The lowest BCUT2D eigenvalue weighted by atomic mass is 9.87. The quantitative estimate of drug-likeness (QED) is 0.501. The van der Waals surface area contributed by atoms with E-state index in [0.717, 1.165) is 64.0 Å². The van der Waals surface area contributed by atoms with Gasteiger partial charge in [-0.25, -0.2) is 0 Å². The van der Waals surface area contributed by atoms with Gasteiger partial charge in [-0.2, -0.15) is 0 Å². The molecule has 1 fully saturated rings. The van der Waals surface area contributed by atoms with Gasteiger partial charge in [-0.1, -0.05) is 45.0 Å². The van der Waals surface area contributed by atoms with Crippen LogP contribution >= 0.6 is 12.2 Å². The first-order chi connectivity index (χ1) is 13.4. The molecule has 0 spiro atoms. The fraction of sp³-hybridized carbons (Fsp3) is 0.682. The van der Waals surface area contributed by atoms with Crippen LogP contribution in [-0.4, -0.2) is 74.6 Å². The normalized spacial score (nSPS) is 15.4. The molecule has 6 heteroatoms. The highest BCUT2D eigenvalue weighted by Gasteiger charge is 2.15. The third-order valence-electron chi connectivity index (χ3n) is 5.07. The van der Waals surface area contributed by atoms with Crippen LogP contribution in [0.15, 0.2) is 24.3 Å².